The molecule has 0 atom stereocenters. The number of carbonyl (C=O) groups excluding carboxylic acids is 1. The molecule has 0 aliphatic carbocycles. The Kier molecular flexibility index (Phi) is 5.63. The maximum absolute atomic E-state index is 11.8. The molecular formula is C16H11Cl2N3O6. The van der Waals surface area contributed by atoms with Gasteiger partial charge in [-0.1, -0.05) is 23.2 Å². The van der Waals surface area contributed by atoms with Crippen LogP contribution in [0.3, 0.4) is 0 Å². The van der Waals surface area contributed by atoms with E-state index in [1.165, 1.54) is 24.3 Å². The second kappa shape index (κ2) is 8.11. The first-order valence-electron chi connectivity index (χ1n) is 7.42. The van der Waals surface area contributed by atoms with Crippen LogP contribution in [0.15, 0.2) is 35.4 Å². The Morgan fingerprint density at radius 3 is 2.74 bits per heavy atom. The highest BCUT2D eigenvalue weighted by Crippen LogP contribution is 2.37. The minimum absolute atomic E-state index is 0.0194. The van der Waals surface area contributed by atoms with Crippen molar-refractivity contribution in [1.29, 1.82) is 0 Å². The number of hydrogen-bond donors (Lipinski definition) is 1. The van der Waals surface area contributed by atoms with E-state index in [0.717, 1.165) is 6.21 Å². The molecule has 1 amide bonds. The molecule has 1 aliphatic heterocycles. The summed E-state index contributed by atoms with van der Waals surface area (Å²) < 4.78 is 15.5. The topological polar surface area (TPSA) is 112 Å². The van der Waals surface area contributed by atoms with Crippen LogP contribution in [0.25, 0.3) is 0 Å². The Morgan fingerprint density at radius 1 is 1.30 bits per heavy atom. The van der Waals surface area contributed by atoms with Gasteiger partial charge >= 0.3 is 0 Å². The molecule has 0 aromatic heterocycles. The summed E-state index contributed by atoms with van der Waals surface area (Å²) >= 11 is 11.7. The first kappa shape index (κ1) is 18.7. The summed E-state index contributed by atoms with van der Waals surface area (Å²) in [4.78, 5) is 22.4. The fourth-order valence-corrected chi connectivity index (χ4v) is 2.61. The van der Waals surface area contributed by atoms with E-state index in [0.29, 0.717) is 10.8 Å². The second-order valence-corrected chi connectivity index (χ2v) is 6.02. The number of carbonyl (C=O) groups is 1. The molecule has 0 radical (unpaired) electrons. The van der Waals surface area contributed by atoms with E-state index in [1.807, 2.05) is 0 Å². The number of nitro groups is 1. The number of nitro benzene ring substituents is 1. The summed E-state index contributed by atoms with van der Waals surface area (Å²) in [5, 5.41) is 15.5. The Hall–Kier alpha value is -3.04. The van der Waals surface area contributed by atoms with Crippen LogP contribution in [-0.4, -0.2) is 30.4 Å². The van der Waals surface area contributed by atoms with Crippen LogP contribution >= 0.6 is 23.2 Å². The molecule has 11 heteroatoms. The van der Waals surface area contributed by atoms with Gasteiger partial charge in [0.05, 0.1) is 27.8 Å². The van der Waals surface area contributed by atoms with Gasteiger partial charge in [-0.25, -0.2) is 5.43 Å². The minimum Gasteiger partial charge on any atom is -0.482 e. The van der Waals surface area contributed by atoms with E-state index in [-0.39, 0.29) is 41.2 Å². The molecular weight excluding hydrogens is 401 g/mol. The number of hydrogen-bond acceptors (Lipinski definition) is 7. The Balaban J connectivity index is 1.62. The molecule has 0 unspecified atom stereocenters. The van der Waals surface area contributed by atoms with Crippen molar-refractivity contribution in [3.63, 3.8) is 0 Å². The maximum Gasteiger partial charge on any atom is 0.282 e. The summed E-state index contributed by atoms with van der Waals surface area (Å²) in [6.07, 6.45) is 1.13. The van der Waals surface area contributed by atoms with Crippen molar-refractivity contribution in [2.45, 2.75) is 0 Å². The van der Waals surface area contributed by atoms with Gasteiger partial charge < -0.3 is 14.2 Å². The number of hydrazone groups is 1. The largest absolute Gasteiger partial charge is 0.482 e. The van der Waals surface area contributed by atoms with E-state index in [1.54, 1.807) is 6.07 Å². The van der Waals surface area contributed by atoms with Gasteiger partial charge in [-0.3, -0.25) is 14.9 Å². The number of halogens is 2. The molecule has 0 saturated carbocycles. The first-order chi connectivity index (χ1) is 12.9. The average Bonchev–Trinajstić information content (AvgIpc) is 3.07. The molecule has 0 spiro atoms. The smallest absolute Gasteiger partial charge is 0.282 e. The van der Waals surface area contributed by atoms with Crippen LogP contribution in [0, 0.1) is 10.1 Å². The monoisotopic (exact) mass is 411 g/mol. The van der Waals surface area contributed by atoms with Crippen LogP contribution < -0.4 is 19.6 Å². The third-order valence-corrected chi connectivity index (χ3v) is 3.89. The van der Waals surface area contributed by atoms with E-state index >= 15 is 0 Å². The molecule has 0 saturated heterocycles. The molecule has 3 rings (SSSR count). The average molecular weight is 412 g/mol. The zero-order valence-corrected chi connectivity index (χ0v) is 15.0. The van der Waals surface area contributed by atoms with Gasteiger partial charge in [0.2, 0.25) is 6.79 Å². The standard InChI is InChI=1S/C16H11Cl2N3O6/c17-10-1-2-13(11(18)4-10)25-7-16(22)20-19-6-9-3-14-15(27-8-26-14)5-12(9)21(23)24/h1-6H,7-8H2,(H,20,22). The molecule has 0 bridgehead atoms. The molecule has 9 nitrogen and oxygen atoms in total. The normalized spacial score (nSPS) is 12.2. The first-order valence-corrected chi connectivity index (χ1v) is 8.17. The van der Waals surface area contributed by atoms with E-state index in [4.69, 9.17) is 37.4 Å². The van der Waals surface area contributed by atoms with Crippen molar-refractivity contribution in [2.24, 2.45) is 5.10 Å². The van der Waals surface area contributed by atoms with E-state index in [9.17, 15) is 14.9 Å². The van der Waals surface area contributed by atoms with Crippen LogP contribution in [0.1, 0.15) is 5.56 Å². The van der Waals surface area contributed by atoms with Crippen molar-refractivity contribution >= 4 is 41.0 Å². The lowest BCUT2D eigenvalue weighted by molar-refractivity contribution is -0.385. The van der Waals surface area contributed by atoms with Crippen molar-refractivity contribution in [2.75, 3.05) is 13.4 Å². The Morgan fingerprint density at radius 2 is 2.04 bits per heavy atom. The highest BCUT2D eigenvalue weighted by Gasteiger charge is 2.22. The number of nitrogens with one attached hydrogen (secondary N) is 1. The number of benzene rings is 2. The van der Waals surface area contributed by atoms with Crippen LogP contribution in [0.5, 0.6) is 17.2 Å². The zero-order chi connectivity index (χ0) is 19.4. The summed E-state index contributed by atoms with van der Waals surface area (Å²) in [5.41, 5.74) is 2.12. The molecule has 1 aliphatic rings. The van der Waals surface area contributed by atoms with Crippen molar-refractivity contribution < 1.29 is 23.9 Å². The Bertz CT molecular complexity index is 935. The lowest BCUT2D eigenvalue weighted by atomic mass is 10.1. The molecule has 1 heterocycles. The zero-order valence-electron chi connectivity index (χ0n) is 13.5. The molecule has 0 fully saturated rings. The van der Waals surface area contributed by atoms with Gasteiger partial charge in [0, 0.05) is 5.02 Å². The molecule has 1 N–H and O–H groups in total. The maximum atomic E-state index is 11.8. The van der Waals surface area contributed by atoms with E-state index in [2.05, 4.69) is 10.5 Å². The predicted octanol–water partition coefficient (Wildman–Crippen LogP) is 3.16. The van der Waals surface area contributed by atoms with Gasteiger partial charge in [-0.15, -0.1) is 0 Å². The summed E-state index contributed by atoms with van der Waals surface area (Å²) in [5.74, 6) is 0.331. The van der Waals surface area contributed by atoms with Gasteiger partial charge in [-0.05, 0) is 24.3 Å². The molecule has 27 heavy (non-hydrogen) atoms. The number of fused-ring (bicyclic) bond motifs is 1. The number of nitrogens with zero attached hydrogens (tertiary/aromatic N) is 2. The van der Waals surface area contributed by atoms with Crippen LogP contribution in [0.4, 0.5) is 5.69 Å². The predicted molar refractivity (Wildman–Crippen MR) is 96.9 cm³/mol. The highest BCUT2D eigenvalue weighted by molar-refractivity contribution is 6.35. The quantitative estimate of drug-likeness (QED) is 0.443. The van der Waals surface area contributed by atoms with Crippen LogP contribution in [0.2, 0.25) is 10.0 Å². The fourth-order valence-electron chi connectivity index (χ4n) is 2.15. The lowest BCUT2D eigenvalue weighted by Gasteiger charge is -2.07. The summed E-state index contributed by atoms with van der Waals surface area (Å²) in [6.45, 7) is -0.379. The fraction of sp³-hybridized carbons (Fsp3) is 0.125. The van der Waals surface area contributed by atoms with Crippen molar-refractivity contribution in [3.05, 3.63) is 56.1 Å². The third kappa shape index (κ3) is 4.57. The van der Waals surface area contributed by atoms with Crippen molar-refractivity contribution in [3.8, 4) is 17.2 Å². The van der Waals surface area contributed by atoms with Crippen LogP contribution in [-0.2, 0) is 4.79 Å². The van der Waals surface area contributed by atoms with E-state index < -0.39 is 10.8 Å². The lowest BCUT2D eigenvalue weighted by Crippen LogP contribution is -2.24. The van der Waals surface area contributed by atoms with Gasteiger partial charge in [0.25, 0.3) is 11.6 Å². The molecule has 2 aromatic rings. The third-order valence-electron chi connectivity index (χ3n) is 3.36. The molecule has 140 valence electrons. The molecule has 2 aromatic carbocycles. The van der Waals surface area contributed by atoms with Crippen molar-refractivity contribution in [1.82, 2.24) is 5.43 Å². The SMILES string of the molecule is O=C(COc1ccc(Cl)cc1Cl)NN=Cc1cc2c(cc1[N+](=O)[O-])OCO2. The van der Waals surface area contributed by atoms with Gasteiger partial charge in [0.1, 0.15) is 5.75 Å². The number of rotatable bonds is 6. The Labute approximate surface area is 162 Å². The minimum atomic E-state index is -0.587. The second-order valence-electron chi connectivity index (χ2n) is 5.18. The van der Waals surface area contributed by atoms with Gasteiger partial charge in [-0.2, -0.15) is 5.10 Å². The van der Waals surface area contributed by atoms with Gasteiger partial charge in [0.15, 0.2) is 18.1 Å². The summed E-state index contributed by atoms with van der Waals surface area (Å²) in [7, 11) is 0. The highest BCUT2D eigenvalue weighted by atomic mass is 35.5. The number of ether oxygens (including phenoxy) is 3. The number of amides is 1. The summed E-state index contributed by atoms with van der Waals surface area (Å²) in [6, 6.07) is 7.21.